The Balaban J connectivity index is 2.57. The first-order valence-corrected chi connectivity index (χ1v) is 7.75. The van der Waals surface area contributed by atoms with Crippen LogP contribution in [0.3, 0.4) is 0 Å². The zero-order valence-electron chi connectivity index (χ0n) is 12.9. The Labute approximate surface area is 125 Å². The normalized spacial score (nSPS) is 19.3. The summed E-state index contributed by atoms with van der Waals surface area (Å²) < 4.78 is 0. The highest BCUT2D eigenvalue weighted by Gasteiger charge is 2.26. The van der Waals surface area contributed by atoms with Gasteiger partial charge in [0.2, 0.25) is 11.8 Å². The van der Waals surface area contributed by atoms with Crippen LogP contribution >= 0.6 is 0 Å². The maximum absolute atomic E-state index is 12.0. The summed E-state index contributed by atoms with van der Waals surface area (Å²) in [5.74, 6) is -1.58. The predicted molar refractivity (Wildman–Crippen MR) is 78.7 cm³/mol. The van der Waals surface area contributed by atoms with Gasteiger partial charge in [0.15, 0.2) is 0 Å². The van der Waals surface area contributed by atoms with E-state index in [2.05, 4.69) is 5.32 Å². The van der Waals surface area contributed by atoms with Crippen molar-refractivity contribution in [2.24, 2.45) is 5.92 Å². The van der Waals surface area contributed by atoms with Gasteiger partial charge in [-0.05, 0) is 18.8 Å². The third-order valence-electron chi connectivity index (χ3n) is 4.05. The number of nitrogens with one attached hydrogen (secondary N) is 1. The van der Waals surface area contributed by atoms with E-state index in [-0.39, 0.29) is 18.4 Å². The lowest BCUT2D eigenvalue weighted by molar-refractivity contribution is -0.144. The molecule has 6 heteroatoms. The second kappa shape index (κ2) is 8.64. The van der Waals surface area contributed by atoms with Crippen LogP contribution in [0.15, 0.2) is 0 Å². The minimum atomic E-state index is -1.03. The highest BCUT2D eigenvalue weighted by atomic mass is 16.4. The molecule has 0 aromatic heterocycles. The van der Waals surface area contributed by atoms with E-state index in [0.717, 1.165) is 25.7 Å². The van der Waals surface area contributed by atoms with Gasteiger partial charge in [0.25, 0.3) is 0 Å². The SMILES string of the molecule is CC[C@H](C)[C@H](NC(=O)CN1CCCCCCC1=O)C(=O)O. The van der Waals surface area contributed by atoms with Gasteiger partial charge in [0.05, 0.1) is 6.54 Å². The fourth-order valence-electron chi connectivity index (χ4n) is 2.46. The first-order chi connectivity index (χ1) is 9.95. The van der Waals surface area contributed by atoms with E-state index >= 15 is 0 Å². The fourth-order valence-corrected chi connectivity index (χ4v) is 2.46. The molecule has 1 saturated heterocycles. The van der Waals surface area contributed by atoms with Crippen molar-refractivity contribution in [2.45, 2.75) is 58.4 Å². The molecule has 0 aromatic rings. The topological polar surface area (TPSA) is 86.7 Å². The average Bonchev–Trinajstić information content (AvgIpc) is 2.43. The molecule has 6 nitrogen and oxygen atoms in total. The van der Waals surface area contributed by atoms with Crippen LogP contribution in [0.1, 0.15) is 52.4 Å². The number of carbonyl (C=O) groups excluding carboxylic acids is 2. The summed E-state index contributed by atoms with van der Waals surface area (Å²) in [4.78, 5) is 36.7. The Morgan fingerprint density at radius 3 is 2.57 bits per heavy atom. The quantitative estimate of drug-likeness (QED) is 0.776. The number of carboxylic acid groups (broad SMARTS) is 1. The molecule has 1 heterocycles. The van der Waals surface area contributed by atoms with Crippen molar-refractivity contribution in [1.82, 2.24) is 10.2 Å². The third-order valence-corrected chi connectivity index (χ3v) is 4.05. The van der Waals surface area contributed by atoms with Crippen molar-refractivity contribution in [3.05, 3.63) is 0 Å². The van der Waals surface area contributed by atoms with Crippen LogP contribution < -0.4 is 5.32 Å². The second-order valence-electron chi connectivity index (χ2n) is 5.75. The molecule has 0 saturated carbocycles. The molecule has 120 valence electrons. The molecule has 2 atom stereocenters. The van der Waals surface area contributed by atoms with Crippen molar-refractivity contribution in [2.75, 3.05) is 13.1 Å². The van der Waals surface area contributed by atoms with Crippen LogP contribution in [0, 0.1) is 5.92 Å². The van der Waals surface area contributed by atoms with E-state index in [9.17, 15) is 14.4 Å². The van der Waals surface area contributed by atoms with Gasteiger partial charge in [-0.15, -0.1) is 0 Å². The van der Waals surface area contributed by atoms with Gasteiger partial charge in [-0.3, -0.25) is 9.59 Å². The van der Waals surface area contributed by atoms with Crippen LogP contribution in [0.25, 0.3) is 0 Å². The Bertz CT molecular complexity index is 384. The Hall–Kier alpha value is -1.59. The van der Waals surface area contributed by atoms with Gasteiger partial charge in [-0.1, -0.05) is 33.1 Å². The average molecular weight is 298 g/mol. The Morgan fingerprint density at radius 1 is 1.29 bits per heavy atom. The number of amides is 2. The van der Waals surface area contributed by atoms with Crippen LogP contribution in [0.2, 0.25) is 0 Å². The van der Waals surface area contributed by atoms with Crippen molar-refractivity contribution in [3.63, 3.8) is 0 Å². The number of carbonyl (C=O) groups is 3. The number of likely N-dealkylation sites (tertiary alicyclic amines) is 1. The maximum atomic E-state index is 12.0. The van der Waals surface area contributed by atoms with Crippen LogP contribution in [-0.4, -0.2) is 46.9 Å². The minimum absolute atomic E-state index is 0.0136. The van der Waals surface area contributed by atoms with E-state index in [0.29, 0.717) is 19.4 Å². The minimum Gasteiger partial charge on any atom is -0.480 e. The van der Waals surface area contributed by atoms with E-state index in [4.69, 9.17) is 5.11 Å². The molecule has 0 bridgehead atoms. The number of aliphatic carboxylic acids is 1. The van der Waals surface area contributed by atoms with Gasteiger partial charge in [0, 0.05) is 13.0 Å². The highest BCUT2D eigenvalue weighted by Crippen LogP contribution is 2.12. The molecule has 2 N–H and O–H groups in total. The highest BCUT2D eigenvalue weighted by molar-refractivity contribution is 5.88. The summed E-state index contributed by atoms with van der Waals surface area (Å²) in [6.07, 6.45) is 5.02. The summed E-state index contributed by atoms with van der Waals surface area (Å²) in [6.45, 7) is 4.21. The first-order valence-electron chi connectivity index (χ1n) is 7.75. The molecule has 2 amide bonds. The number of rotatable bonds is 6. The van der Waals surface area contributed by atoms with Crippen molar-refractivity contribution < 1.29 is 19.5 Å². The lowest BCUT2D eigenvalue weighted by Crippen LogP contribution is -2.49. The molecule has 1 rings (SSSR count). The fraction of sp³-hybridized carbons (Fsp3) is 0.800. The van der Waals surface area contributed by atoms with E-state index < -0.39 is 17.9 Å². The molecule has 1 aliphatic rings. The number of carboxylic acids is 1. The zero-order valence-corrected chi connectivity index (χ0v) is 12.9. The van der Waals surface area contributed by atoms with Gasteiger partial charge < -0.3 is 15.3 Å². The van der Waals surface area contributed by atoms with E-state index in [1.807, 2.05) is 6.92 Å². The van der Waals surface area contributed by atoms with Crippen molar-refractivity contribution in [1.29, 1.82) is 0 Å². The maximum Gasteiger partial charge on any atom is 0.326 e. The molecule has 0 radical (unpaired) electrons. The molecule has 0 aliphatic carbocycles. The summed E-state index contributed by atoms with van der Waals surface area (Å²) >= 11 is 0. The van der Waals surface area contributed by atoms with Crippen molar-refractivity contribution >= 4 is 17.8 Å². The van der Waals surface area contributed by atoms with Crippen LogP contribution in [-0.2, 0) is 14.4 Å². The Morgan fingerprint density at radius 2 is 1.95 bits per heavy atom. The lowest BCUT2D eigenvalue weighted by atomic mass is 9.99. The number of nitrogens with zero attached hydrogens (tertiary/aromatic N) is 1. The van der Waals surface area contributed by atoms with Crippen molar-refractivity contribution in [3.8, 4) is 0 Å². The van der Waals surface area contributed by atoms with Gasteiger partial charge >= 0.3 is 5.97 Å². The van der Waals surface area contributed by atoms with Gasteiger partial charge in [0.1, 0.15) is 6.04 Å². The standard InChI is InChI=1S/C15H26N2O4/c1-3-11(2)14(15(20)21)16-12(18)10-17-9-7-5-4-6-8-13(17)19/h11,14H,3-10H2,1-2H3,(H,16,18)(H,20,21)/t11-,14-/m0/s1. The summed E-state index contributed by atoms with van der Waals surface area (Å²) in [7, 11) is 0. The van der Waals surface area contributed by atoms with E-state index in [1.54, 1.807) is 11.8 Å². The lowest BCUT2D eigenvalue weighted by Gasteiger charge is -2.26. The number of hydrogen-bond donors (Lipinski definition) is 2. The molecule has 0 spiro atoms. The molecule has 0 aromatic carbocycles. The monoisotopic (exact) mass is 298 g/mol. The van der Waals surface area contributed by atoms with Crippen LogP contribution in [0.5, 0.6) is 0 Å². The molecule has 1 aliphatic heterocycles. The predicted octanol–water partition coefficient (Wildman–Crippen LogP) is 1.39. The van der Waals surface area contributed by atoms with Gasteiger partial charge in [-0.25, -0.2) is 4.79 Å². The largest absolute Gasteiger partial charge is 0.480 e. The summed E-state index contributed by atoms with van der Waals surface area (Å²) in [6, 6.07) is -0.896. The number of hydrogen-bond acceptors (Lipinski definition) is 3. The second-order valence-corrected chi connectivity index (χ2v) is 5.75. The van der Waals surface area contributed by atoms with E-state index in [1.165, 1.54) is 0 Å². The van der Waals surface area contributed by atoms with Gasteiger partial charge in [-0.2, -0.15) is 0 Å². The Kier molecular flexibility index (Phi) is 7.19. The summed E-state index contributed by atoms with van der Waals surface area (Å²) in [5.41, 5.74) is 0. The molecular formula is C15H26N2O4. The molecule has 1 fully saturated rings. The smallest absolute Gasteiger partial charge is 0.326 e. The molecular weight excluding hydrogens is 272 g/mol. The first kappa shape index (κ1) is 17.5. The molecule has 0 unspecified atom stereocenters. The zero-order chi connectivity index (χ0) is 15.8. The molecule has 21 heavy (non-hydrogen) atoms. The third kappa shape index (κ3) is 5.73. The summed E-state index contributed by atoms with van der Waals surface area (Å²) in [5, 5.41) is 11.7. The van der Waals surface area contributed by atoms with Crippen LogP contribution in [0.4, 0.5) is 0 Å².